The van der Waals surface area contributed by atoms with Gasteiger partial charge in [-0.05, 0) is 35.9 Å². The zero-order valence-corrected chi connectivity index (χ0v) is 13.0. The number of carbonyl (C=O) groups excluding carboxylic acids is 1. The lowest BCUT2D eigenvalue weighted by atomic mass is 10.0. The van der Waals surface area contributed by atoms with E-state index in [0.717, 1.165) is 6.26 Å². The van der Waals surface area contributed by atoms with Gasteiger partial charge < -0.3 is 4.74 Å². The molecular formula is C15H13ClO4S. The van der Waals surface area contributed by atoms with Crippen LogP contribution < -0.4 is 4.74 Å². The van der Waals surface area contributed by atoms with Gasteiger partial charge in [0.1, 0.15) is 5.75 Å². The molecule has 0 amide bonds. The molecule has 0 saturated carbocycles. The molecule has 0 aliphatic rings. The smallest absolute Gasteiger partial charge is 0.308 e. The molecule has 4 nitrogen and oxygen atoms in total. The van der Waals surface area contributed by atoms with E-state index >= 15 is 0 Å². The van der Waals surface area contributed by atoms with Crippen molar-refractivity contribution in [1.29, 1.82) is 0 Å². The largest absolute Gasteiger partial charge is 0.426 e. The van der Waals surface area contributed by atoms with Crippen LogP contribution in [0.1, 0.15) is 6.92 Å². The topological polar surface area (TPSA) is 60.4 Å². The first-order chi connectivity index (χ1) is 9.77. The molecule has 0 aromatic heterocycles. The van der Waals surface area contributed by atoms with Crippen LogP contribution in [0.25, 0.3) is 11.1 Å². The fourth-order valence-electron chi connectivity index (χ4n) is 1.85. The van der Waals surface area contributed by atoms with E-state index in [1.54, 1.807) is 30.3 Å². The molecule has 0 heterocycles. The molecule has 21 heavy (non-hydrogen) atoms. The molecule has 0 radical (unpaired) electrons. The predicted octanol–water partition coefficient (Wildman–Crippen LogP) is 3.34. The summed E-state index contributed by atoms with van der Waals surface area (Å²) >= 11 is 5.97. The third-order valence-corrected chi connectivity index (χ3v) is 4.15. The monoisotopic (exact) mass is 324 g/mol. The summed E-state index contributed by atoms with van der Waals surface area (Å²) in [7, 11) is -3.25. The first-order valence-electron chi connectivity index (χ1n) is 6.06. The minimum Gasteiger partial charge on any atom is -0.426 e. The van der Waals surface area contributed by atoms with Crippen LogP contribution in [0.2, 0.25) is 5.02 Å². The van der Waals surface area contributed by atoms with Crippen LogP contribution >= 0.6 is 11.6 Å². The van der Waals surface area contributed by atoms with Crippen molar-refractivity contribution in [1.82, 2.24) is 0 Å². The standard InChI is InChI=1S/C15H13ClO4S/c1-10(17)20-15-8-5-12(16)9-14(15)11-3-6-13(7-4-11)21(2,18)19/h3-9H,1-2H3. The maximum atomic E-state index is 11.5. The van der Waals surface area contributed by atoms with Crippen LogP contribution in [0.4, 0.5) is 0 Å². The molecule has 0 bridgehead atoms. The van der Waals surface area contributed by atoms with Gasteiger partial charge in [-0.15, -0.1) is 0 Å². The van der Waals surface area contributed by atoms with Crippen molar-refractivity contribution in [2.24, 2.45) is 0 Å². The number of rotatable bonds is 3. The summed E-state index contributed by atoms with van der Waals surface area (Å²) < 4.78 is 28.0. The molecule has 0 spiro atoms. The summed E-state index contributed by atoms with van der Waals surface area (Å²) in [6.45, 7) is 1.31. The third kappa shape index (κ3) is 3.83. The van der Waals surface area contributed by atoms with Crippen LogP contribution in [0.3, 0.4) is 0 Å². The first-order valence-corrected chi connectivity index (χ1v) is 8.33. The number of hydrogen-bond acceptors (Lipinski definition) is 4. The van der Waals surface area contributed by atoms with Gasteiger partial charge in [-0.2, -0.15) is 0 Å². The molecule has 2 rings (SSSR count). The summed E-state index contributed by atoms with van der Waals surface area (Å²) in [5.74, 6) is -0.0645. The Balaban J connectivity index is 2.50. The van der Waals surface area contributed by atoms with Gasteiger partial charge in [-0.25, -0.2) is 8.42 Å². The van der Waals surface area contributed by atoms with E-state index in [1.165, 1.54) is 19.1 Å². The second-order valence-corrected chi connectivity index (χ2v) is 6.98. The SMILES string of the molecule is CC(=O)Oc1ccc(Cl)cc1-c1ccc(S(C)(=O)=O)cc1. The first kappa shape index (κ1) is 15.5. The fraction of sp³-hybridized carbons (Fsp3) is 0.133. The van der Waals surface area contributed by atoms with E-state index in [4.69, 9.17) is 16.3 Å². The zero-order chi connectivity index (χ0) is 15.6. The third-order valence-electron chi connectivity index (χ3n) is 2.79. The molecule has 0 aliphatic carbocycles. The Morgan fingerprint density at radius 2 is 1.71 bits per heavy atom. The summed E-state index contributed by atoms with van der Waals surface area (Å²) in [5, 5.41) is 0.494. The highest BCUT2D eigenvalue weighted by Crippen LogP contribution is 2.33. The Hall–Kier alpha value is -1.85. The van der Waals surface area contributed by atoms with Gasteiger partial charge in [0.2, 0.25) is 0 Å². The number of ether oxygens (including phenoxy) is 1. The second kappa shape index (κ2) is 5.87. The lowest BCUT2D eigenvalue weighted by molar-refractivity contribution is -0.131. The van der Waals surface area contributed by atoms with Crippen molar-refractivity contribution < 1.29 is 17.9 Å². The summed E-state index contributed by atoms with van der Waals surface area (Å²) in [6, 6.07) is 11.2. The number of hydrogen-bond donors (Lipinski definition) is 0. The van der Waals surface area contributed by atoms with Crippen molar-refractivity contribution in [2.45, 2.75) is 11.8 Å². The lowest BCUT2D eigenvalue weighted by Gasteiger charge is -2.10. The molecule has 0 atom stereocenters. The fourth-order valence-corrected chi connectivity index (χ4v) is 2.66. The molecule has 110 valence electrons. The average Bonchev–Trinajstić information content (AvgIpc) is 2.39. The highest BCUT2D eigenvalue weighted by atomic mass is 35.5. The Bertz CT molecular complexity index is 780. The van der Waals surface area contributed by atoms with Crippen molar-refractivity contribution in [3.8, 4) is 16.9 Å². The molecule has 0 saturated heterocycles. The molecular weight excluding hydrogens is 312 g/mol. The number of benzene rings is 2. The predicted molar refractivity (Wildman–Crippen MR) is 81.3 cm³/mol. The van der Waals surface area contributed by atoms with Crippen LogP contribution in [0.15, 0.2) is 47.4 Å². The molecule has 0 aliphatic heterocycles. The van der Waals surface area contributed by atoms with Crippen molar-refractivity contribution in [3.63, 3.8) is 0 Å². The molecule has 0 unspecified atom stereocenters. The van der Waals surface area contributed by atoms with E-state index in [1.807, 2.05) is 0 Å². The Kier molecular flexibility index (Phi) is 4.34. The molecule has 2 aromatic rings. The van der Waals surface area contributed by atoms with Crippen LogP contribution in [0, 0.1) is 0 Å². The van der Waals surface area contributed by atoms with Gasteiger partial charge in [0, 0.05) is 23.8 Å². The van der Waals surface area contributed by atoms with E-state index in [-0.39, 0.29) is 4.90 Å². The minimum atomic E-state index is -3.25. The molecule has 6 heteroatoms. The van der Waals surface area contributed by atoms with Crippen molar-refractivity contribution in [2.75, 3.05) is 6.26 Å². The summed E-state index contributed by atoms with van der Waals surface area (Å²) in [4.78, 5) is 11.4. The van der Waals surface area contributed by atoms with E-state index in [9.17, 15) is 13.2 Å². The number of halogens is 1. The van der Waals surface area contributed by atoms with Crippen LogP contribution in [-0.4, -0.2) is 20.6 Å². The number of carbonyl (C=O) groups is 1. The van der Waals surface area contributed by atoms with Gasteiger partial charge in [0.25, 0.3) is 0 Å². The Morgan fingerprint density at radius 3 is 2.24 bits per heavy atom. The zero-order valence-electron chi connectivity index (χ0n) is 11.5. The highest BCUT2D eigenvalue weighted by Gasteiger charge is 2.11. The van der Waals surface area contributed by atoms with Crippen LogP contribution in [0.5, 0.6) is 5.75 Å². The number of sulfone groups is 1. The van der Waals surface area contributed by atoms with E-state index in [2.05, 4.69) is 0 Å². The molecule has 0 fully saturated rings. The van der Waals surface area contributed by atoms with Gasteiger partial charge in [-0.1, -0.05) is 23.7 Å². The van der Waals surface area contributed by atoms with Gasteiger partial charge in [0.05, 0.1) is 4.90 Å². The minimum absolute atomic E-state index is 0.224. The van der Waals surface area contributed by atoms with Gasteiger partial charge in [0.15, 0.2) is 9.84 Å². The average molecular weight is 325 g/mol. The van der Waals surface area contributed by atoms with E-state index < -0.39 is 15.8 Å². The highest BCUT2D eigenvalue weighted by molar-refractivity contribution is 7.90. The van der Waals surface area contributed by atoms with Crippen LogP contribution in [-0.2, 0) is 14.6 Å². The maximum Gasteiger partial charge on any atom is 0.308 e. The summed E-state index contributed by atoms with van der Waals surface area (Å²) in [6.07, 6.45) is 1.14. The van der Waals surface area contributed by atoms with E-state index in [0.29, 0.717) is 21.9 Å². The second-order valence-electron chi connectivity index (χ2n) is 4.53. The normalized spacial score (nSPS) is 11.2. The van der Waals surface area contributed by atoms with Crippen molar-refractivity contribution in [3.05, 3.63) is 47.5 Å². The van der Waals surface area contributed by atoms with Gasteiger partial charge >= 0.3 is 5.97 Å². The molecule has 2 aromatic carbocycles. The molecule has 0 N–H and O–H groups in total. The number of esters is 1. The van der Waals surface area contributed by atoms with Gasteiger partial charge in [-0.3, -0.25) is 4.79 Å². The lowest BCUT2D eigenvalue weighted by Crippen LogP contribution is -2.02. The quantitative estimate of drug-likeness (QED) is 0.642. The Morgan fingerprint density at radius 1 is 1.10 bits per heavy atom. The summed E-state index contributed by atoms with van der Waals surface area (Å²) in [5.41, 5.74) is 1.33. The van der Waals surface area contributed by atoms with Crippen molar-refractivity contribution >= 4 is 27.4 Å². The maximum absolute atomic E-state index is 11.5. The Labute approximate surface area is 128 Å².